The number of benzene rings is 1. The minimum atomic E-state index is 0.195. The molecule has 134 valence electrons. The number of rotatable bonds is 1. The van der Waals surface area contributed by atoms with Crippen molar-refractivity contribution in [3.63, 3.8) is 0 Å². The van der Waals surface area contributed by atoms with Crippen molar-refractivity contribution in [2.24, 2.45) is 5.92 Å². The van der Waals surface area contributed by atoms with Gasteiger partial charge in [0.15, 0.2) is 0 Å². The average molecular weight is 329 g/mol. The molecule has 5 atom stereocenters. The van der Waals surface area contributed by atoms with Crippen molar-refractivity contribution in [1.29, 1.82) is 0 Å². The van der Waals surface area contributed by atoms with Gasteiger partial charge in [-0.2, -0.15) is 0 Å². The summed E-state index contributed by atoms with van der Waals surface area (Å²) in [4.78, 5) is 0. The van der Waals surface area contributed by atoms with Crippen LogP contribution in [-0.2, 0) is 15.6 Å². The van der Waals surface area contributed by atoms with Gasteiger partial charge >= 0.3 is 0 Å². The Kier molecular flexibility index (Phi) is 4.00. The molecule has 0 amide bonds. The molecule has 1 aromatic carbocycles. The van der Waals surface area contributed by atoms with Crippen molar-refractivity contribution in [3.05, 3.63) is 33.4 Å². The maximum Gasteiger partial charge on any atom is 0.0806 e. The zero-order valence-corrected chi connectivity index (χ0v) is 17.4. The number of ether oxygens (including phenoxy) is 1. The highest BCUT2D eigenvalue weighted by Gasteiger charge is 2.54. The lowest BCUT2D eigenvalue weighted by molar-refractivity contribution is -0.0202. The normalized spacial score (nSPS) is 37.2. The van der Waals surface area contributed by atoms with E-state index in [9.17, 15) is 0 Å². The summed E-state index contributed by atoms with van der Waals surface area (Å²) >= 11 is 0. The van der Waals surface area contributed by atoms with E-state index >= 15 is 0 Å². The third-order valence-corrected chi connectivity index (χ3v) is 8.12. The molecule has 3 rings (SSSR count). The highest BCUT2D eigenvalue weighted by molar-refractivity contribution is 5.62. The molecule has 1 aliphatic heterocycles. The van der Waals surface area contributed by atoms with Crippen LogP contribution in [0.25, 0.3) is 0 Å². The fourth-order valence-electron chi connectivity index (χ4n) is 5.90. The molecule has 0 radical (unpaired) electrons. The zero-order valence-electron chi connectivity index (χ0n) is 17.4. The molecule has 1 nitrogen and oxygen atoms in total. The fourth-order valence-corrected chi connectivity index (χ4v) is 5.90. The predicted octanol–water partition coefficient (Wildman–Crippen LogP) is 6.48. The van der Waals surface area contributed by atoms with Crippen molar-refractivity contribution >= 4 is 0 Å². The molecule has 1 aliphatic carbocycles. The van der Waals surface area contributed by atoms with Gasteiger partial charge in [0.05, 0.1) is 12.2 Å². The Morgan fingerprint density at radius 2 is 1.46 bits per heavy atom. The molecule has 0 N–H and O–H groups in total. The van der Waals surface area contributed by atoms with Crippen molar-refractivity contribution < 1.29 is 4.74 Å². The van der Waals surface area contributed by atoms with Crippen LogP contribution in [0, 0.1) is 19.8 Å². The van der Waals surface area contributed by atoms with Gasteiger partial charge in [0.25, 0.3) is 0 Å². The fraction of sp³-hybridized carbons (Fsp3) is 0.739. The van der Waals surface area contributed by atoms with Gasteiger partial charge < -0.3 is 4.74 Å². The van der Waals surface area contributed by atoms with Gasteiger partial charge in [-0.05, 0) is 84.2 Å². The summed E-state index contributed by atoms with van der Waals surface area (Å²) in [6.45, 7) is 23.8. The van der Waals surface area contributed by atoms with Gasteiger partial charge in [-0.1, -0.05) is 41.5 Å². The van der Waals surface area contributed by atoms with Gasteiger partial charge in [0.2, 0.25) is 0 Å². The molecule has 24 heavy (non-hydrogen) atoms. The summed E-state index contributed by atoms with van der Waals surface area (Å²) in [5, 5.41) is 0. The average Bonchev–Trinajstić information content (AvgIpc) is 2.67. The Hall–Kier alpha value is -0.820. The Balaban J connectivity index is 2.47. The van der Waals surface area contributed by atoms with Gasteiger partial charge in [-0.25, -0.2) is 0 Å². The van der Waals surface area contributed by atoms with E-state index in [1.807, 2.05) is 0 Å². The van der Waals surface area contributed by atoms with Gasteiger partial charge in [-0.3, -0.25) is 0 Å². The molecule has 0 fully saturated rings. The quantitative estimate of drug-likeness (QED) is 0.573. The second kappa shape index (κ2) is 5.34. The number of hydrogen-bond acceptors (Lipinski definition) is 1. The van der Waals surface area contributed by atoms with Crippen LogP contribution in [0.4, 0.5) is 0 Å². The first-order chi connectivity index (χ1) is 11.0. The Morgan fingerprint density at radius 1 is 0.875 bits per heavy atom. The van der Waals surface area contributed by atoms with Crippen LogP contribution < -0.4 is 0 Å². The van der Waals surface area contributed by atoms with Crippen molar-refractivity contribution in [3.8, 4) is 0 Å². The van der Waals surface area contributed by atoms with E-state index in [1.54, 1.807) is 22.3 Å². The van der Waals surface area contributed by atoms with Gasteiger partial charge in [-0.15, -0.1) is 0 Å². The first kappa shape index (κ1) is 18.0. The van der Waals surface area contributed by atoms with E-state index in [0.717, 1.165) is 0 Å². The first-order valence-corrected chi connectivity index (χ1v) is 9.83. The zero-order chi connectivity index (χ0) is 18.2. The summed E-state index contributed by atoms with van der Waals surface area (Å²) < 4.78 is 6.38. The van der Waals surface area contributed by atoms with Crippen LogP contribution >= 0.6 is 0 Å². The van der Waals surface area contributed by atoms with Crippen LogP contribution in [0.3, 0.4) is 0 Å². The molecular formula is C23H36O. The van der Waals surface area contributed by atoms with E-state index in [1.165, 1.54) is 17.5 Å². The summed E-state index contributed by atoms with van der Waals surface area (Å²) in [7, 11) is 0. The topological polar surface area (TPSA) is 9.23 Å². The standard InChI is InChI=1S/C23H36O/c1-11-23(10)17(7)22(8,9)21-19-16(6)24-15(5)14(4)18(19)12(2)13(3)20(21)23/h14-17H,11H2,1-10H3. The molecule has 2 aliphatic rings. The largest absolute Gasteiger partial charge is 0.370 e. The first-order valence-electron chi connectivity index (χ1n) is 9.83. The molecule has 1 heteroatoms. The SMILES string of the molecule is CCC1(C)c2c(C)c(C)c3c(c2C(C)(C)C1C)C(C)OC(C)C3C. The maximum absolute atomic E-state index is 6.38. The van der Waals surface area contributed by atoms with E-state index < -0.39 is 0 Å². The van der Waals surface area contributed by atoms with E-state index in [2.05, 4.69) is 69.2 Å². The van der Waals surface area contributed by atoms with Crippen LogP contribution in [0.1, 0.15) is 107 Å². The summed E-state index contributed by atoms with van der Waals surface area (Å²) in [6.07, 6.45) is 1.69. The van der Waals surface area contributed by atoms with Crippen molar-refractivity contribution in [1.82, 2.24) is 0 Å². The highest BCUT2D eigenvalue weighted by Crippen LogP contribution is 2.60. The lowest BCUT2D eigenvalue weighted by Crippen LogP contribution is -2.33. The lowest BCUT2D eigenvalue weighted by Gasteiger charge is -2.40. The maximum atomic E-state index is 6.38. The minimum Gasteiger partial charge on any atom is -0.370 e. The Labute approximate surface area is 149 Å². The van der Waals surface area contributed by atoms with E-state index in [0.29, 0.717) is 17.9 Å². The number of fused-ring (bicyclic) bond motifs is 3. The lowest BCUT2D eigenvalue weighted by atomic mass is 9.68. The van der Waals surface area contributed by atoms with E-state index in [4.69, 9.17) is 4.74 Å². The third-order valence-electron chi connectivity index (χ3n) is 8.12. The van der Waals surface area contributed by atoms with Crippen LogP contribution in [0.2, 0.25) is 0 Å². The van der Waals surface area contributed by atoms with Gasteiger partial charge in [0, 0.05) is 5.92 Å². The monoisotopic (exact) mass is 328 g/mol. The second-order valence-electron chi connectivity index (χ2n) is 9.31. The van der Waals surface area contributed by atoms with Crippen LogP contribution in [0.5, 0.6) is 0 Å². The predicted molar refractivity (Wildman–Crippen MR) is 103 cm³/mol. The minimum absolute atomic E-state index is 0.195. The van der Waals surface area contributed by atoms with Gasteiger partial charge in [0.1, 0.15) is 0 Å². The number of hydrogen-bond donors (Lipinski definition) is 0. The summed E-state index contributed by atoms with van der Waals surface area (Å²) in [5.74, 6) is 1.11. The summed E-state index contributed by atoms with van der Waals surface area (Å²) in [6, 6.07) is 0. The smallest absolute Gasteiger partial charge is 0.0806 e. The molecule has 0 aromatic heterocycles. The molecule has 1 heterocycles. The molecular weight excluding hydrogens is 292 g/mol. The highest BCUT2D eigenvalue weighted by atomic mass is 16.5. The molecule has 0 spiro atoms. The summed E-state index contributed by atoms with van der Waals surface area (Å²) in [5.41, 5.74) is 9.86. The van der Waals surface area contributed by atoms with E-state index in [-0.39, 0.29) is 16.9 Å². The molecule has 0 saturated heterocycles. The molecule has 0 bridgehead atoms. The third kappa shape index (κ3) is 1.97. The Morgan fingerprint density at radius 3 is 2.00 bits per heavy atom. The second-order valence-corrected chi connectivity index (χ2v) is 9.31. The molecule has 5 unspecified atom stereocenters. The molecule has 0 saturated carbocycles. The van der Waals surface area contributed by atoms with Crippen LogP contribution in [0.15, 0.2) is 0 Å². The molecule has 1 aromatic rings. The van der Waals surface area contributed by atoms with Crippen LogP contribution in [-0.4, -0.2) is 6.10 Å². The Bertz CT molecular complexity index is 684. The van der Waals surface area contributed by atoms with Crippen molar-refractivity contribution in [2.75, 3.05) is 0 Å². The van der Waals surface area contributed by atoms with Crippen molar-refractivity contribution in [2.45, 2.75) is 105 Å².